The number of hydrogen-bond donors (Lipinski definition) is 2. The van der Waals surface area contributed by atoms with Crippen molar-refractivity contribution in [1.82, 2.24) is 0 Å². The fraction of sp³-hybridized carbons (Fsp3) is 0.500. The second-order valence-corrected chi connectivity index (χ2v) is 5.56. The lowest BCUT2D eigenvalue weighted by Crippen LogP contribution is -2.41. The largest absolute Gasteiger partial charge is 0.482 e. The average molecular weight is 291 g/mol. The van der Waals surface area contributed by atoms with Crippen molar-refractivity contribution in [3.05, 3.63) is 27.8 Å². The standard InChI is InChI=1S/C14H17N3O4/c15-9-3-1-2-4-12(9)21-13-7-10-8(6-14(18)16-10)5-11(13)17(19)20/h5,7,9,12H,1-4,6,15H2,(H,16,18). The first kappa shape index (κ1) is 13.8. The van der Waals surface area contributed by atoms with Crippen LogP contribution in [0.5, 0.6) is 5.75 Å². The van der Waals surface area contributed by atoms with Crippen LogP contribution in [0.1, 0.15) is 31.2 Å². The summed E-state index contributed by atoms with van der Waals surface area (Å²) >= 11 is 0. The van der Waals surface area contributed by atoms with Gasteiger partial charge < -0.3 is 15.8 Å². The molecule has 1 amide bonds. The second kappa shape index (κ2) is 5.33. The Morgan fingerprint density at radius 2 is 2.10 bits per heavy atom. The van der Waals surface area contributed by atoms with Crippen LogP contribution in [0.4, 0.5) is 11.4 Å². The number of carbonyl (C=O) groups excluding carboxylic acids is 1. The molecule has 0 saturated heterocycles. The minimum atomic E-state index is -0.479. The number of amides is 1. The topological polar surface area (TPSA) is 107 Å². The SMILES string of the molecule is NC1CCCCC1Oc1cc2c(cc1[N+](=O)[O-])CC(=O)N2. The average Bonchev–Trinajstić information content (AvgIpc) is 2.79. The molecule has 3 rings (SSSR count). The normalized spacial score (nSPS) is 24.3. The number of fused-ring (bicyclic) bond motifs is 1. The van der Waals surface area contributed by atoms with Crippen molar-refractivity contribution >= 4 is 17.3 Å². The number of nitro benzene ring substituents is 1. The van der Waals surface area contributed by atoms with Crippen LogP contribution < -0.4 is 15.8 Å². The number of nitro groups is 1. The summed E-state index contributed by atoms with van der Waals surface area (Å²) < 4.78 is 5.80. The Morgan fingerprint density at radius 3 is 2.81 bits per heavy atom. The smallest absolute Gasteiger partial charge is 0.311 e. The van der Waals surface area contributed by atoms with Crippen molar-refractivity contribution in [3.8, 4) is 5.75 Å². The second-order valence-electron chi connectivity index (χ2n) is 5.56. The molecule has 112 valence electrons. The monoisotopic (exact) mass is 291 g/mol. The van der Waals surface area contributed by atoms with Gasteiger partial charge in [0.1, 0.15) is 6.10 Å². The van der Waals surface area contributed by atoms with E-state index in [-0.39, 0.29) is 35.9 Å². The van der Waals surface area contributed by atoms with E-state index in [1.54, 1.807) is 6.07 Å². The van der Waals surface area contributed by atoms with Crippen LogP contribution in [-0.2, 0) is 11.2 Å². The minimum absolute atomic E-state index is 0.108. The molecule has 7 nitrogen and oxygen atoms in total. The molecular weight excluding hydrogens is 274 g/mol. The number of carbonyl (C=O) groups is 1. The van der Waals surface area contributed by atoms with Crippen LogP contribution >= 0.6 is 0 Å². The highest BCUT2D eigenvalue weighted by molar-refractivity contribution is 5.99. The first-order valence-corrected chi connectivity index (χ1v) is 7.08. The predicted molar refractivity (Wildman–Crippen MR) is 76.3 cm³/mol. The molecule has 1 aliphatic carbocycles. The third-order valence-corrected chi connectivity index (χ3v) is 4.04. The van der Waals surface area contributed by atoms with Gasteiger partial charge in [0, 0.05) is 23.9 Å². The molecule has 0 bridgehead atoms. The number of nitrogens with two attached hydrogens (primary N) is 1. The molecule has 1 aromatic rings. The maximum Gasteiger partial charge on any atom is 0.311 e. The number of benzene rings is 1. The molecule has 2 aliphatic rings. The van der Waals surface area contributed by atoms with Crippen LogP contribution in [0.2, 0.25) is 0 Å². The maximum atomic E-state index is 11.4. The number of hydrogen-bond acceptors (Lipinski definition) is 5. The van der Waals surface area contributed by atoms with Gasteiger partial charge in [0.05, 0.1) is 11.3 Å². The van der Waals surface area contributed by atoms with Crippen LogP contribution in [0, 0.1) is 10.1 Å². The molecule has 0 spiro atoms. The highest BCUT2D eigenvalue weighted by atomic mass is 16.6. The van der Waals surface area contributed by atoms with Gasteiger partial charge in [0.25, 0.3) is 0 Å². The van der Waals surface area contributed by atoms with Gasteiger partial charge in [-0.2, -0.15) is 0 Å². The Bertz CT molecular complexity index is 602. The van der Waals surface area contributed by atoms with Gasteiger partial charge in [-0.25, -0.2) is 0 Å². The summed E-state index contributed by atoms with van der Waals surface area (Å²) in [5.74, 6) is 0.0223. The molecule has 0 radical (unpaired) electrons. The molecule has 1 aromatic carbocycles. The summed E-state index contributed by atoms with van der Waals surface area (Å²) in [6.45, 7) is 0. The van der Waals surface area contributed by atoms with E-state index in [9.17, 15) is 14.9 Å². The Hall–Kier alpha value is -2.15. The van der Waals surface area contributed by atoms with Crippen LogP contribution in [-0.4, -0.2) is 23.0 Å². The highest BCUT2D eigenvalue weighted by Crippen LogP contribution is 2.37. The van der Waals surface area contributed by atoms with Gasteiger partial charge in [0.15, 0.2) is 5.75 Å². The fourth-order valence-corrected chi connectivity index (χ4v) is 2.91. The summed E-state index contributed by atoms with van der Waals surface area (Å²) in [4.78, 5) is 22.1. The zero-order valence-corrected chi connectivity index (χ0v) is 11.5. The highest BCUT2D eigenvalue weighted by Gasteiger charge is 2.29. The van der Waals surface area contributed by atoms with E-state index in [1.165, 1.54) is 6.07 Å². The summed E-state index contributed by atoms with van der Waals surface area (Å²) in [7, 11) is 0. The molecule has 1 heterocycles. The minimum Gasteiger partial charge on any atom is -0.482 e. The Balaban J connectivity index is 1.91. The molecule has 7 heteroatoms. The van der Waals surface area contributed by atoms with Gasteiger partial charge in [-0.3, -0.25) is 14.9 Å². The molecule has 0 aromatic heterocycles. The zero-order valence-electron chi connectivity index (χ0n) is 11.5. The van der Waals surface area contributed by atoms with E-state index in [2.05, 4.69) is 5.32 Å². The van der Waals surface area contributed by atoms with E-state index in [0.29, 0.717) is 11.3 Å². The Labute approximate surface area is 121 Å². The maximum absolute atomic E-state index is 11.4. The van der Waals surface area contributed by atoms with E-state index in [1.807, 2.05) is 0 Å². The molecule has 2 atom stereocenters. The summed E-state index contributed by atoms with van der Waals surface area (Å²) in [5, 5.41) is 13.9. The van der Waals surface area contributed by atoms with E-state index in [4.69, 9.17) is 10.5 Å². The lowest BCUT2D eigenvalue weighted by molar-refractivity contribution is -0.386. The molecular formula is C14H17N3O4. The lowest BCUT2D eigenvalue weighted by Gasteiger charge is -2.29. The first-order valence-electron chi connectivity index (χ1n) is 7.08. The molecule has 1 saturated carbocycles. The number of anilines is 1. The van der Waals surface area contributed by atoms with Crippen LogP contribution in [0.25, 0.3) is 0 Å². The van der Waals surface area contributed by atoms with Gasteiger partial charge in [-0.05, 0) is 24.8 Å². The third kappa shape index (κ3) is 2.69. The van der Waals surface area contributed by atoms with Crippen molar-refractivity contribution < 1.29 is 14.5 Å². The molecule has 21 heavy (non-hydrogen) atoms. The molecule has 1 aliphatic heterocycles. The van der Waals surface area contributed by atoms with Crippen molar-refractivity contribution in [1.29, 1.82) is 0 Å². The van der Waals surface area contributed by atoms with Crippen LogP contribution in [0.3, 0.4) is 0 Å². The van der Waals surface area contributed by atoms with Gasteiger partial charge >= 0.3 is 5.69 Å². The molecule has 1 fully saturated rings. The summed E-state index contributed by atoms with van der Waals surface area (Å²) in [6.07, 6.45) is 3.67. The summed E-state index contributed by atoms with van der Waals surface area (Å²) in [5.41, 5.74) is 7.13. The van der Waals surface area contributed by atoms with Gasteiger partial charge in [-0.15, -0.1) is 0 Å². The fourth-order valence-electron chi connectivity index (χ4n) is 2.91. The number of nitrogens with one attached hydrogen (secondary N) is 1. The zero-order chi connectivity index (χ0) is 15.0. The number of ether oxygens (including phenoxy) is 1. The van der Waals surface area contributed by atoms with Crippen molar-refractivity contribution in [3.63, 3.8) is 0 Å². The van der Waals surface area contributed by atoms with E-state index >= 15 is 0 Å². The first-order chi connectivity index (χ1) is 10.0. The van der Waals surface area contributed by atoms with Crippen LogP contribution in [0.15, 0.2) is 12.1 Å². The Morgan fingerprint density at radius 1 is 1.33 bits per heavy atom. The van der Waals surface area contributed by atoms with Gasteiger partial charge in [-0.1, -0.05) is 6.42 Å². The van der Waals surface area contributed by atoms with Gasteiger partial charge in [0.2, 0.25) is 5.91 Å². The van der Waals surface area contributed by atoms with Crippen molar-refractivity contribution in [2.45, 2.75) is 44.2 Å². The third-order valence-electron chi connectivity index (χ3n) is 4.04. The quantitative estimate of drug-likeness (QED) is 0.651. The predicted octanol–water partition coefficient (Wildman–Crippen LogP) is 1.74. The van der Waals surface area contributed by atoms with E-state index in [0.717, 1.165) is 25.7 Å². The molecule has 3 N–H and O–H groups in total. The molecule has 2 unspecified atom stereocenters. The number of rotatable bonds is 3. The van der Waals surface area contributed by atoms with Crippen molar-refractivity contribution in [2.24, 2.45) is 5.73 Å². The number of nitrogens with zero attached hydrogens (tertiary/aromatic N) is 1. The summed E-state index contributed by atoms with van der Waals surface area (Å²) in [6, 6.07) is 2.84. The lowest BCUT2D eigenvalue weighted by atomic mass is 9.93. The van der Waals surface area contributed by atoms with E-state index < -0.39 is 4.92 Å². The van der Waals surface area contributed by atoms with Crippen molar-refractivity contribution in [2.75, 3.05) is 5.32 Å². The Kier molecular flexibility index (Phi) is 3.50.